The Labute approximate surface area is 123 Å². The quantitative estimate of drug-likeness (QED) is 0.911. The first kappa shape index (κ1) is 15.4. The summed E-state index contributed by atoms with van der Waals surface area (Å²) in [6, 6.07) is 5.39. The van der Waals surface area contributed by atoms with Crippen molar-refractivity contribution < 1.29 is 14.0 Å². The second kappa shape index (κ2) is 6.67. The molecule has 1 atom stereocenters. The van der Waals surface area contributed by atoms with E-state index in [4.69, 9.17) is 0 Å². The minimum absolute atomic E-state index is 0.0297. The molecule has 1 unspecified atom stereocenters. The molecule has 1 heterocycles. The number of nitrogens with zero attached hydrogens (tertiary/aromatic N) is 2. The molecule has 2 rings (SSSR count). The van der Waals surface area contributed by atoms with E-state index in [0.29, 0.717) is 5.69 Å². The Bertz CT molecular complexity index is 516. The third kappa shape index (κ3) is 4.01. The minimum Gasteiger partial charge on any atom is -0.347 e. The zero-order chi connectivity index (χ0) is 15.4. The Morgan fingerprint density at radius 3 is 2.62 bits per heavy atom. The molecule has 1 aromatic rings. The number of carbonyl (C=O) groups excluding carboxylic acids is 2. The predicted octanol–water partition coefficient (Wildman–Crippen LogP) is 1.32. The van der Waals surface area contributed by atoms with Crippen molar-refractivity contribution in [3.05, 3.63) is 30.1 Å². The molecule has 0 spiro atoms. The van der Waals surface area contributed by atoms with Crippen LogP contribution in [0.25, 0.3) is 0 Å². The first-order chi connectivity index (χ1) is 9.97. The smallest absolute Gasteiger partial charge is 0.239 e. The zero-order valence-electron chi connectivity index (χ0n) is 12.3. The number of benzene rings is 1. The lowest BCUT2D eigenvalue weighted by Crippen LogP contribution is -2.45. The van der Waals surface area contributed by atoms with E-state index in [-0.39, 0.29) is 30.2 Å². The fourth-order valence-electron chi connectivity index (χ4n) is 2.51. The Hall–Kier alpha value is -1.95. The van der Waals surface area contributed by atoms with Gasteiger partial charge in [0.1, 0.15) is 5.82 Å². The van der Waals surface area contributed by atoms with E-state index in [1.807, 2.05) is 4.90 Å². The molecule has 1 aromatic carbocycles. The monoisotopic (exact) mass is 293 g/mol. The lowest BCUT2D eigenvalue weighted by atomic mass is 10.2. The number of carbonyl (C=O) groups is 2. The maximum Gasteiger partial charge on any atom is 0.239 e. The minimum atomic E-state index is -0.343. The Kier molecular flexibility index (Phi) is 4.90. The average Bonchev–Trinajstić information content (AvgIpc) is 2.88. The molecule has 0 saturated carbocycles. The highest BCUT2D eigenvalue weighted by atomic mass is 19.1. The molecule has 6 heteroatoms. The molecule has 0 radical (unpaired) electrons. The Morgan fingerprint density at radius 1 is 1.33 bits per heavy atom. The third-order valence-corrected chi connectivity index (χ3v) is 3.56. The number of likely N-dealkylation sites (N-methyl/N-ethyl adjacent to an activating group) is 1. The van der Waals surface area contributed by atoms with Gasteiger partial charge >= 0.3 is 0 Å². The van der Waals surface area contributed by atoms with Crippen LogP contribution in [0.4, 0.5) is 10.1 Å². The lowest BCUT2D eigenvalue weighted by Gasteiger charge is -2.25. The molecule has 1 aliphatic heterocycles. The number of anilines is 1. The third-order valence-electron chi connectivity index (χ3n) is 3.56. The summed E-state index contributed by atoms with van der Waals surface area (Å²) < 4.78 is 12.8. The van der Waals surface area contributed by atoms with Gasteiger partial charge in [0.2, 0.25) is 11.8 Å². The van der Waals surface area contributed by atoms with E-state index >= 15 is 0 Å². The van der Waals surface area contributed by atoms with Crippen LogP contribution < -0.4 is 5.32 Å². The van der Waals surface area contributed by atoms with Crippen LogP contribution in [0.2, 0.25) is 0 Å². The van der Waals surface area contributed by atoms with Crippen LogP contribution in [0.3, 0.4) is 0 Å². The number of likely N-dealkylation sites (tertiary alicyclic amines) is 1. The summed E-state index contributed by atoms with van der Waals surface area (Å²) >= 11 is 0. The van der Waals surface area contributed by atoms with E-state index in [2.05, 4.69) is 5.32 Å². The SMILES string of the molecule is CN(C)C(=O)C1CCCN1CC(=O)Nc1ccc(F)cc1. The highest BCUT2D eigenvalue weighted by molar-refractivity contribution is 5.93. The van der Waals surface area contributed by atoms with Crippen molar-refractivity contribution in [2.45, 2.75) is 18.9 Å². The zero-order valence-corrected chi connectivity index (χ0v) is 12.3. The van der Waals surface area contributed by atoms with Crippen LogP contribution >= 0.6 is 0 Å². The van der Waals surface area contributed by atoms with Gasteiger partial charge in [-0.1, -0.05) is 0 Å². The first-order valence-electron chi connectivity index (χ1n) is 6.98. The molecule has 5 nitrogen and oxygen atoms in total. The van der Waals surface area contributed by atoms with Crippen LogP contribution in [-0.4, -0.2) is 54.8 Å². The Morgan fingerprint density at radius 2 is 2.00 bits per heavy atom. The fourth-order valence-corrected chi connectivity index (χ4v) is 2.51. The molecule has 114 valence electrons. The van der Waals surface area contributed by atoms with Crippen molar-refractivity contribution in [1.82, 2.24) is 9.80 Å². The van der Waals surface area contributed by atoms with E-state index in [0.717, 1.165) is 19.4 Å². The molecule has 21 heavy (non-hydrogen) atoms. The summed E-state index contributed by atoms with van der Waals surface area (Å²) in [6.45, 7) is 0.905. The van der Waals surface area contributed by atoms with Crippen molar-refractivity contribution in [2.24, 2.45) is 0 Å². The van der Waals surface area contributed by atoms with Crippen molar-refractivity contribution in [3.8, 4) is 0 Å². The van der Waals surface area contributed by atoms with Crippen molar-refractivity contribution in [3.63, 3.8) is 0 Å². The molecule has 0 aromatic heterocycles. The van der Waals surface area contributed by atoms with Crippen LogP contribution in [0.1, 0.15) is 12.8 Å². The Balaban J connectivity index is 1.92. The summed E-state index contributed by atoms with van der Waals surface area (Å²) in [5.74, 6) is -0.508. The largest absolute Gasteiger partial charge is 0.347 e. The van der Waals surface area contributed by atoms with E-state index < -0.39 is 0 Å². The van der Waals surface area contributed by atoms with Gasteiger partial charge in [0.05, 0.1) is 12.6 Å². The number of amides is 2. The van der Waals surface area contributed by atoms with Crippen molar-refractivity contribution >= 4 is 17.5 Å². The summed E-state index contributed by atoms with van der Waals surface area (Å²) in [7, 11) is 3.44. The molecule has 1 saturated heterocycles. The maximum absolute atomic E-state index is 12.8. The number of hydrogen-bond donors (Lipinski definition) is 1. The first-order valence-corrected chi connectivity index (χ1v) is 6.98. The topological polar surface area (TPSA) is 52.7 Å². The van der Waals surface area contributed by atoms with E-state index in [1.165, 1.54) is 24.3 Å². The molecule has 0 bridgehead atoms. The standard InChI is InChI=1S/C15H20FN3O2/c1-18(2)15(21)13-4-3-9-19(13)10-14(20)17-12-7-5-11(16)6-8-12/h5-8,13H,3-4,9-10H2,1-2H3,(H,17,20). The fraction of sp³-hybridized carbons (Fsp3) is 0.467. The van der Waals surface area contributed by atoms with Gasteiger partial charge in [-0.05, 0) is 43.7 Å². The van der Waals surface area contributed by atoms with E-state index in [1.54, 1.807) is 19.0 Å². The van der Waals surface area contributed by atoms with Crippen molar-refractivity contribution in [2.75, 3.05) is 32.5 Å². The predicted molar refractivity (Wildman–Crippen MR) is 78.3 cm³/mol. The molecular weight excluding hydrogens is 273 g/mol. The molecule has 1 aliphatic rings. The maximum atomic E-state index is 12.8. The van der Waals surface area contributed by atoms with Crippen LogP contribution in [0, 0.1) is 5.82 Å². The van der Waals surface area contributed by atoms with Gasteiger partial charge in [0.25, 0.3) is 0 Å². The molecule has 1 N–H and O–H groups in total. The van der Waals surface area contributed by atoms with Gasteiger partial charge in [-0.3, -0.25) is 14.5 Å². The van der Waals surface area contributed by atoms with Crippen molar-refractivity contribution in [1.29, 1.82) is 0 Å². The number of halogens is 1. The summed E-state index contributed by atoms with van der Waals surface area (Å²) in [6.07, 6.45) is 1.69. The van der Waals surface area contributed by atoms with E-state index in [9.17, 15) is 14.0 Å². The van der Waals surface area contributed by atoms with Gasteiger partial charge in [-0.15, -0.1) is 0 Å². The van der Waals surface area contributed by atoms with Crippen LogP contribution in [0.15, 0.2) is 24.3 Å². The van der Waals surface area contributed by atoms with Gasteiger partial charge in [0.15, 0.2) is 0 Å². The second-order valence-corrected chi connectivity index (χ2v) is 5.42. The summed E-state index contributed by atoms with van der Waals surface area (Å²) in [5, 5.41) is 2.71. The van der Waals surface area contributed by atoms with Gasteiger partial charge < -0.3 is 10.2 Å². The lowest BCUT2D eigenvalue weighted by molar-refractivity contribution is -0.133. The van der Waals surface area contributed by atoms with Gasteiger partial charge in [0, 0.05) is 19.8 Å². The molecular formula is C15H20FN3O2. The van der Waals surface area contributed by atoms with Gasteiger partial charge in [-0.2, -0.15) is 0 Å². The summed E-state index contributed by atoms with van der Waals surface area (Å²) in [4.78, 5) is 27.5. The second-order valence-electron chi connectivity index (χ2n) is 5.42. The van der Waals surface area contributed by atoms with Crippen LogP contribution in [0.5, 0.6) is 0 Å². The number of rotatable bonds is 4. The molecule has 0 aliphatic carbocycles. The highest BCUT2D eigenvalue weighted by Crippen LogP contribution is 2.18. The normalized spacial score (nSPS) is 18.5. The van der Waals surface area contributed by atoms with Gasteiger partial charge in [-0.25, -0.2) is 4.39 Å². The number of nitrogens with one attached hydrogen (secondary N) is 1. The molecule has 1 fully saturated rings. The highest BCUT2D eigenvalue weighted by Gasteiger charge is 2.32. The van der Waals surface area contributed by atoms with Crippen LogP contribution in [-0.2, 0) is 9.59 Å². The average molecular weight is 293 g/mol. The molecule has 2 amide bonds. The number of hydrogen-bond acceptors (Lipinski definition) is 3. The summed E-state index contributed by atoms with van der Waals surface area (Å²) in [5.41, 5.74) is 0.552.